The number of amides is 1. The summed E-state index contributed by atoms with van der Waals surface area (Å²) in [6, 6.07) is 15.8. The van der Waals surface area contributed by atoms with Crippen molar-refractivity contribution in [3.8, 4) is 0 Å². The van der Waals surface area contributed by atoms with Crippen LogP contribution in [0.5, 0.6) is 0 Å². The van der Waals surface area contributed by atoms with E-state index in [1.165, 1.54) is 0 Å². The molecule has 3 rings (SSSR count). The molecule has 2 aromatic carbocycles. The summed E-state index contributed by atoms with van der Waals surface area (Å²) in [7, 11) is 0. The Kier molecular flexibility index (Phi) is 4.65. The molecule has 1 atom stereocenters. The van der Waals surface area contributed by atoms with Gasteiger partial charge >= 0.3 is 0 Å². The fourth-order valence-electron chi connectivity index (χ4n) is 2.65. The van der Waals surface area contributed by atoms with Crippen molar-refractivity contribution in [3.05, 3.63) is 71.0 Å². The molecule has 6 nitrogen and oxygen atoms in total. The third-order valence-corrected chi connectivity index (χ3v) is 3.80. The second kappa shape index (κ2) is 7.04. The predicted octanol–water partition coefficient (Wildman–Crippen LogP) is 2.78. The second-order valence-electron chi connectivity index (χ2n) is 5.87. The maximum Gasteiger partial charge on any atom is 0.235 e. The molecule has 0 bridgehead atoms. The van der Waals surface area contributed by atoms with Crippen molar-refractivity contribution in [1.29, 1.82) is 0 Å². The predicted molar refractivity (Wildman–Crippen MR) is 91.6 cm³/mol. The third-order valence-electron chi connectivity index (χ3n) is 3.80. The number of anilines is 1. The molecule has 1 aromatic heterocycles. The minimum absolute atomic E-state index is 0.150. The third kappa shape index (κ3) is 3.84. The van der Waals surface area contributed by atoms with Crippen LogP contribution in [0.25, 0.3) is 0 Å². The Bertz CT molecular complexity index is 829. The lowest BCUT2D eigenvalue weighted by atomic mass is 9.96. The summed E-state index contributed by atoms with van der Waals surface area (Å²) in [5, 5.41) is 17.0. The fraction of sp³-hybridized carbons (Fsp3) is 0.222. The zero-order chi connectivity index (χ0) is 16.9. The van der Waals surface area contributed by atoms with Gasteiger partial charge in [-0.2, -0.15) is 5.21 Å². The van der Waals surface area contributed by atoms with Gasteiger partial charge in [-0.25, -0.2) is 0 Å². The van der Waals surface area contributed by atoms with Crippen LogP contribution < -0.4 is 5.32 Å². The van der Waals surface area contributed by atoms with Gasteiger partial charge in [0.15, 0.2) is 5.82 Å². The summed E-state index contributed by atoms with van der Waals surface area (Å²) in [6.45, 7) is 4.01. The van der Waals surface area contributed by atoms with Crippen molar-refractivity contribution in [2.45, 2.75) is 26.2 Å². The summed E-state index contributed by atoms with van der Waals surface area (Å²) in [5.74, 6) is -0.267. The van der Waals surface area contributed by atoms with E-state index in [2.05, 4.69) is 32.0 Å². The molecule has 0 aliphatic carbocycles. The molecule has 0 fully saturated rings. The first kappa shape index (κ1) is 15.9. The Hall–Kier alpha value is -3.02. The average molecular weight is 321 g/mol. The number of benzene rings is 2. The molecule has 0 aliphatic rings. The van der Waals surface area contributed by atoms with Crippen LogP contribution in [-0.4, -0.2) is 26.5 Å². The highest BCUT2D eigenvalue weighted by atomic mass is 16.1. The lowest BCUT2D eigenvalue weighted by Crippen LogP contribution is -2.24. The van der Waals surface area contributed by atoms with Crippen LogP contribution in [0.3, 0.4) is 0 Å². The van der Waals surface area contributed by atoms with Crippen LogP contribution >= 0.6 is 0 Å². The monoisotopic (exact) mass is 321 g/mol. The normalized spacial score (nSPS) is 11.9. The van der Waals surface area contributed by atoms with Crippen LogP contribution in [0.2, 0.25) is 0 Å². The molecule has 122 valence electrons. The number of carbonyl (C=O) groups excluding carboxylic acids is 1. The number of H-pyrrole nitrogens is 1. The van der Waals surface area contributed by atoms with Gasteiger partial charge < -0.3 is 5.32 Å². The highest BCUT2D eigenvalue weighted by Crippen LogP contribution is 2.21. The Labute approximate surface area is 140 Å². The van der Waals surface area contributed by atoms with Crippen molar-refractivity contribution in [2.24, 2.45) is 0 Å². The maximum atomic E-state index is 12.8. The SMILES string of the molecule is Cc1cccc(CC(C(=O)Nc2cccc(C)c2)c2nn[nH]n2)c1. The minimum Gasteiger partial charge on any atom is -0.325 e. The van der Waals surface area contributed by atoms with E-state index >= 15 is 0 Å². The van der Waals surface area contributed by atoms with Gasteiger partial charge in [0.1, 0.15) is 5.92 Å². The summed E-state index contributed by atoms with van der Waals surface area (Å²) >= 11 is 0. The van der Waals surface area contributed by atoms with E-state index in [1.54, 1.807) is 0 Å². The maximum absolute atomic E-state index is 12.8. The van der Waals surface area contributed by atoms with Crippen molar-refractivity contribution >= 4 is 11.6 Å². The van der Waals surface area contributed by atoms with Gasteiger partial charge in [-0.1, -0.05) is 47.2 Å². The number of nitrogens with one attached hydrogen (secondary N) is 2. The number of aromatic nitrogens is 4. The van der Waals surface area contributed by atoms with E-state index in [1.807, 2.05) is 56.3 Å². The standard InChI is InChI=1S/C18H19N5O/c1-12-5-3-7-14(9-12)11-16(17-20-22-23-21-17)18(24)19-15-8-4-6-13(2)10-15/h3-10,16H,11H2,1-2H3,(H,19,24)(H,20,21,22,23). The Morgan fingerprint density at radius 1 is 1.12 bits per heavy atom. The van der Waals surface area contributed by atoms with E-state index in [9.17, 15) is 4.79 Å². The van der Waals surface area contributed by atoms with Crippen LogP contribution in [0.4, 0.5) is 5.69 Å². The lowest BCUT2D eigenvalue weighted by molar-refractivity contribution is -0.117. The first-order valence-corrected chi connectivity index (χ1v) is 7.78. The van der Waals surface area contributed by atoms with Gasteiger partial charge in [0.25, 0.3) is 0 Å². The van der Waals surface area contributed by atoms with Crippen molar-refractivity contribution in [2.75, 3.05) is 5.32 Å². The van der Waals surface area contributed by atoms with Crippen molar-refractivity contribution < 1.29 is 4.79 Å². The number of tetrazole rings is 1. The van der Waals surface area contributed by atoms with E-state index in [0.29, 0.717) is 12.2 Å². The quantitative estimate of drug-likeness (QED) is 0.757. The fourth-order valence-corrected chi connectivity index (χ4v) is 2.65. The number of aryl methyl sites for hydroxylation is 2. The number of hydrogen-bond donors (Lipinski definition) is 2. The molecule has 24 heavy (non-hydrogen) atoms. The Morgan fingerprint density at radius 3 is 2.54 bits per heavy atom. The highest BCUT2D eigenvalue weighted by Gasteiger charge is 2.25. The number of hydrogen-bond acceptors (Lipinski definition) is 4. The summed E-state index contributed by atoms with van der Waals surface area (Å²) in [4.78, 5) is 12.8. The van der Waals surface area contributed by atoms with Gasteiger partial charge in [0.05, 0.1) is 0 Å². The molecule has 0 aliphatic heterocycles. The van der Waals surface area contributed by atoms with E-state index < -0.39 is 5.92 Å². The second-order valence-corrected chi connectivity index (χ2v) is 5.87. The Morgan fingerprint density at radius 2 is 1.88 bits per heavy atom. The number of rotatable bonds is 5. The summed E-state index contributed by atoms with van der Waals surface area (Å²) in [6.07, 6.45) is 0.513. The average Bonchev–Trinajstić information content (AvgIpc) is 3.06. The molecular weight excluding hydrogens is 302 g/mol. The molecule has 6 heteroatoms. The molecule has 0 saturated heterocycles. The molecule has 3 aromatic rings. The first-order chi connectivity index (χ1) is 11.6. The summed E-state index contributed by atoms with van der Waals surface area (Å²) < 4.78 is 0. The minimum atomic E-state index is -0.508. The highest BCUT2D eigenvalue weighted by molar-refractivity contribution is 5.95. The van der Waals surface area contributed by atoms with E-state index in [4.69, 9.17) is 0 Å². The van der Waals surface area contributed by atoms with Gasteiger partial charge in [-0.3, -0.25) is 4.79 Å². The van der Waals surface area contributed by atoms with Crippen LogP contribution in [0, 0.1) is 13.8 Å². The molecule has 2 N–H and O–H groups in total. The lowest BCUT2D eigenvalue weighted by Gasteiger charge is -2.14. The van der Waals surface area contributed by atoms with Crippen molar-refractivity contribution in [1.82, 2.24) is 20.6 Å². The number of nitrogens with zero attached hydrogens (tertiary/aromatic N) is 3. The molecule has 0 saturated carbocycles. The van der Waals surface area contributed by atoms with E-state index in [0.717, 1.165) is 22.4 Å². The number of carbonyl (C=O) groups is 1. The molecular formula is C18H19N5O. The van der Waals surface area contributed by atoms with Gasteiger partial charge in [0, 0.05) is 5.69 Å². The van der Waals surface area contributed by atoms with Gasteiger partial charge in [0.2, 0.25) is 5.91 Å². The van der Waals surface area contributed by atoms with E-state index in [-0.39, 0.29) is 5.91 Å². The molecule has 1 unspecified atom stereocenters. The largest absolute Gasteiger partial charge is 0.325 e. The topological polar surface area (TPSA) is 83.6 Å². The zero-order valence-corrected chi connectivity index (χ0v) is 13.7. The van der Waals surface area contributed by atoms with Crippen molar-refractivity contribution in [3.63, 3.8) is 0 Å². The smallest absolute Gasteiger partial charge is 0.235 e. The molecule has 1 amide bonds. The number of aromatic amines is 1. The van der Waals surface area contributed by atoms with Crippen LogP contribution in [0.1, 0.15) is 28.4 Å². The Balaban J connectivity index is 1.83. The van der Waals surface area contributed by atoms with Gasteiger partial charge in [-0.15, -0.1) is 10.2 Å². The zero-order valence-electron chi connectivity index (χ0n) is 13.7. The molecule has 1 heterocycles. The van der Waals surface area contributed by atoms with Gasteiger partial charge in [-0.05, 0) is 43.5 Å². The van der Waals surface area contributed by atoms with Crippen LogP contribution in [0.15, 0.2) is 48.5 Å². The van der Waals surface area contributed by atoms with Crippen LogP contribution in [-0.2, 0) is 11.2 Å². The molecule has 0 spiro atoms. The molecule has 0 radical (unpaired) electrons. The first-order valence-electron chi connectivity index (χ1n) is 7.78. The summed E-state index contributed by atoms with van der Waals surface area (Å²) in [5.41, 5.74) is 4.06.